The second kappa shape index (κ2) is 6.35. The molecule has 0 aliphatic carbocycles. The van der Waals surface area contributed by atoms with E-state index in [0.29, 0.717) is 0 Å². The second-order valence-corrected chi connectivity index (χ2v) is 1.98. The van der Waals surface area contributed by atoms with E-state index in [4.69, 9.17) is 0 Å². The van der Waals surface area contributed by atoms with Gasteiger partial charge in [-0.3, -0.25) is 0 Å². The van der Waals surface area contributed by atoms with Crippen LogP contribution in [0.1, 0.15) is 5.56 Å². The minimum atomic E-state index is -0.208. The van der Waals surface area contributed by atoms with Gasteiger partial charge in [0.15, 0.2) is 0 Å². The summed E-state index contributed by atoms with van der Waals surface area (Å²) < 4.78 is 0. The van der Waals surface area contributed by atoms with E-state index in [1.165, 1.54) is 12.1 Å². The van der Waals surface area contributed by atoms with Gasteiger partial charge in [0.05, 0.1) is 0 Å². The number of rotatable bonds is 0. The Morgan fingerprint density at radius 1 is 0.909 bits per heavy atom. The molecule has 11 heavy (non-hydrogen) atoms. The van der Waals surface area contributed by atoms with Gasteiger partial charge in [0.25, 0.3) is 0 Å². The van der Waals surface area contributed by atoms with Crippen molar-refractivity contribution in [1.29, 1.82) is 0 Å². The van der Waals surface area contributed by atoms with E-state index in [0.717, 1.165) is 11.6 Å². The predicted molar refractivity (Wildman–Crippen MR) is 30.1 cm³/mol. The van der Waals surface area contributed by atoms with E-state index in [1.54, 1.807) is 6.92 Å². The van der Waals surface area contributed by atoms with E-state index in [2.05, 4.69) is 0 Å². The van der Waals surface area contributed by atoms with Crippen molar-refractivity contribution in [2.45, 2.75) is 6.92 Å². The molecule has 0 atom stereocenters. The van der Waals surface area contributed by atoms with Gasteiger partial charge < -0.3 is 10.2 Å². The van der Waals surface area contributed by atoms with Gasteiger partial charge in [-0.1, -0.05) is 23.8 Å². The van der Waals surface area contributed by atoms with Gasteiger partial charge in [0.1, 0.15) is 0 Å². The molecule has 0 spiro atoms. The number of hydrogen-bond donors (Lipinski definition) is 0. The zero-order chi connectivity index (χ0) is 6.85. The number of benzene rings is 1. The van der Waals surface area contributed by atoms with E-state index >= 15 is 0 Å². The Balaban J connectivity index is 0. The topological polar surface area (TPSA) is 46.1 Å². The second-order valence-electron chi connectivity index (χ2n) is 1.98. The third-order valence-electron chi connectivity index (χ3n) is 1.02. The first-order valence-corrected chi connectivity index (χ1v) is 2.64. The molecule has 2 nitrogen and oxygen atoms in total. The van der Waals surface area contributed by atoms with Crippen LogP contribution in [-0.4, -0.2) is 0 Å². The quantitative estimate of drug-likeness (QED) is 0.362. The molecule has 0 N–H and O–H groups in total. The average molecular weight is 168 g/mol. The summed E-state index contributed by atoms with van der Waals surface area (Å²) in [6.07, 6.45) is 0. The largest absolute Gasteiger partial charge is 1.00 e. The molecule has 0 saturated carbocycles. The van der Waals surface area contributed by atoms with Crippen molar-refractivity contribution in [1.82, 2.24) is 0 Å². The van der Waals surface area contributed by atoms with E-state index < -0.39 is 0 Å². The van der Waals surface area contributed by atoms with Crippen molar-refractivity contribution in [2.24, 2.45) is 0 Å². The first-order valence-electron chi connectivity index (χ1n) is 2.64. The van der Waals surface area contributed by atoms with Crippen LogP contribution in [0.15, 0.2) is 18.2 Å². The molecule has 1 rings (SSSR count). The summed E-state index contributed by atoms with van der Waals surface area (Å²) in [5, 5.41) is 21.0. The Labute approximate surface area is 110 Å². The number of aryl methyl sites for hydroxylation is 1. The summed E-state index contributed by atoms with van der Waals surface area (Å²) in [5.74, 6) is -0.417. The first-order chi connectivity index (χ1) is 4.18. The smallest absolute Gasteiger partial charge is 0.872 e. The van der Waals surface area contributed by atoms with Gasteiger partial charge in [-0.25, -0.2) is 0 Å². The van der Waals surface area contributed by atoms with Crippen LogP contribution in [0.2, 0.25) is 0 Å². The normalized spacial score (nSPS) is 7.73. The fourth-order valence-corrected chi connectivity index (χ4v) is 0.714. The van der Waals surface area contributed by atoms with Crippen LogP contribution in [0.4, 0.5) is 0 Å². The molecule has 0 fully saturated rings. The van der Waals surface area contributed by atoms with Crippen molar-refractivity contribution < 1.29 is 69.3 Å². The molecular formula is C7H6Na2O2. The summed E-state index contributed by atoms with van der Waals surface area (Å²) in [6, 6.07) is 3.94. The minimum absolute atomic E-state index is 0. The monoisotopic (exact) mass is 168 g/mol. The molecule has 48 valence electrons. The van der Waals surface area contributed by atoms with Gasteiger partial charge in [-0.2, -0.15) is 0 Å². The maximum absolute atomic E-state index is 10.5. The van der Waals surface area contributed by atoms with E-state index in [9.17, 15) is 10.2 Å². The maximum Gasteiger partial charge on any atom is 1.00 e. The molecule has 0 aromatic heterocycles. The van der Waals surface area contributed by atoms with E-state index in [1.807, 2.05) is 0 Å². The summed E-state index contributed by atoms with van der Waals surface area (Å²) in [7, 11) is 0. The fraction of sp³-hybridized carbons (Fsp3) is 0.143. The Morgan fingerprint density at radius 3 is 1.55 bits per heavy atom. The Kier molecular flexibility index (Phi) is 8.28. The van der Waals surface area contributed by atoms with Crippen LogP contribution in [0, 0.1) is 6.92 Å². The zero-order valence-electron chi connectivity index (χ0n) is 7.05. The van der Waals surface area contributed by atoms with Gasteiger partial charge in [-0.15, -0.1) is 11.5 Å². The van der Waals surface area contributed by atoms with Crippen LogP contribution >= 0.6 is 0 Å². The summed E-state index contributed by atoms with van der Waals surface area (Å²) in [5.41, 5.74) is 0.729. The minimum Gasteiger partial charge on any atom is -0.872 e. The van der Waals surface area contributed by atoms with Crippen molar-refractivity contribution in [3.8, 4) is 11.5 Å². The molecule has 0 unspecified atom stereocenters. The van der Waals surface area contributed by atoms with Gasteiger partial charge in [0.2, 0.25) is 0 Å². The average Bonchev–Trinajstić information content (AvgIpc) is 1.59. The standard InChI is InChI=1S/C7H8O2.2Na/c1-5-2-6(8)4-7(9)3-5;;/h2-4,8-9H,1H3;;/q;2*+1/p-2. The molecule has 1 aromatic rings. The molecule has 4 heteroatoms. The predicted octanol–water partition coefficient (Wildman–Crippen LogP) is -5.85. The fourth-order valence-electron chi connectivity index (χ4n) is 0.714. The molecule has 1 aromatic carbocycles. The van der Waals surface area contributed by atoms with Gasteiger partial charge in [0, 0.05) is 0 Å². The van der Waals surface area contributed by atoms with Crippen molar-refractivity contribution in [2.75, 3.05) is 0 Å². The van der Waals surface area contributed by atoms with Crippen molar-refractivity contribution >= 4 is 0 Å². The molecule has 0 aliphatic rings. The third kappa shape index (κ3) is 5.12. The molecule has 0 amide bonds. The van der Waals surface area contributed by atoms with Crippen molar-refractivity contribution in [3.05, 3.63) is 23.8 Å². The Bertz CT molecular complexity index is 175. The van der Waals surface area contributed by atoms with Crippen LogP contribution in [0.3, 0.4) is 0 Å². The molecule has 0 aliphatic heterocycles. The molecule has 0 heterocycles. The summed E-state index contributed by atoms with van der Waals surface area (Å²) in [4.78, 5) is 0. The van der Waals surface area contributed by atoms with Crippen LogP contribution < -0.4 is 69.3 Å². The molecule has 0 radical (unpaired) electrons. The maximum atomic E-state index is 10.5. The summed E-state index contributed by atoms with van der Waals surface area (Å²) in [6.45, 7) is 1.72. The first kappa shape index (κ1) is 14.3. The molecular weight excluding hydrogens is 162 g/mol. The van der Waals surface area contributed by atoms with Gasteiger partial charge in [-0.05, 0) is 6.92 Å². The SMILES string of the molecule is Cc1cc([O-])cc([O-])c1.[Na+].[Na+]. The third-order valence-corrected chi connectivity index (χ3v) is 1.02. The van der Waals surface area contributed by atoms with Crippen LogP contribution in [0.25, 0.3) is 0 Å². The zero-order valence-corrected chi connectivity index (χ0v) is 11.0. The van der Waals surface area contributed by atoms with Crippen molar-refractivity contribution in [3.63, 3.8) is 0 Å². The Morgan fingerprint density at radius 2 is 1.27 bits per heavy atom. The molecule has 0 saturated heterocycles. The van der Waals surface area contributed by atoms with Crippen LogP contribution in [-0.2, 0) is 0 Å². The Hall–Kier alpha value is 0.820. The number of hydrogen-bond acceptors (Lipinski definition) is 2. The van der Waals surface area contributed by atoms with Gasteiger partial charge >= 0.3 is 59.1 Å². The van der Waals surface area contributed by atoms with Crippen LogP contribution in [0.5, 0.6) is 11.5 Å². The molecule has 0 bridgehead atoms. The van der Waals surface area contributed by atoms with E-state index in [-0.39, 0.29) is 70.6 Å². The summed E-state index contributed by atoms with van der Waals surface area (Å²) >= 11 is 0.